The van der Waals surface area contributed by atoms with Gasteiger partial charge in [-0.25, -0.2) is 18.5 Å². The molecule has 0 unspecified atom stereocenters. The van der Waals surface area contributed by atoms with E-state index in [2.05, 4.69) is 0 Å². The Kier molecular flexibility index (Phi) is 4.55. The monoisotopic (exact) mass is 297 g/mol. The fourth-order valence-electron chi connectivity index (χ4n) is 2.34. The Hall–Kier alpha value is -1.98. The number of rotatable bonds is 4. The van der Waals surface area contributed by atoms with Crippen molar-refractivity contribution in [2.45, 2.75) is 32.7 Å². The van der Waals surface area contributed by atoms with E-state index in [0.717, 1.165) is 11.0 Å². The molecule has 0 radical (unpaired) electrons. The van der Waals surface area contributed by atoms with Crippen molar-refractivity contribution >= 4 is 12.0 Å². The highest BCUT2D eigenvalue weighted by Crippen LogP contribution is 2.21. The van der Waals surface area contributed by atoms with E-state index in [-0.39, 0.29) is 37.3 Å². The highest BCUT2D eigenvalue weighted by Gasteiger charge is 2.38. The molecule has 2 amide bonds. The second kappa shape index (κ2) is 6.20. The third-order valence-corrected chi connectivity index (χ3v) is 3.49. The molecule has 21 heavy (non-hydrogen) atoms. The number of cyclic esters (lactones) is 1. The Balaban J connectivity index is 2.02. The number of carbonyl (C=O) groups excluding carboxylic acids is 2. The number of carbonyl (C=O) groups is 2. The average molecular weight is 297 g/mol. The highest BCUT2D eigenvalue weighted by molar-refractivity contribution is 5.93. The minimum atomic E-state index is -0.682. The number of aryl methyl sites for hydroxylation is 1. The predicted molar refractivity (Wildman–Crippen MR) is 71.5 cm³/mol. The number of benzene rings is 1. The SMILES string of the molecule is CC(C)[C@H]1COC(=O)N1C(=O)CCc1cc(F)cc(F)c1. The number of ether oxygens (including phenoxy) is 1. The molecule has 6 heteroatoms. The van der Waals surface area contributed by atoms with Crippen LogP contribution in [0, 0.1) is 17.6 Å². The summed E-state index contributed by atoms with van der Waals surface area (Å²) in [5, 5.41) is 0. The van der Waals surface area contributed by atoms with Crippen molar-refractivity contribution in [3.05, 3.63) is 35.4 Å². The molecule has 0 saturated carbocycles. The molecule has 1 atom stereocenters. The molecule has 1 fully saturated rings. The molecule has 114 valence electrons. The van der Waals surface area contributed by atoms with Crippen molar-refractivity contribution in [3.8, 4) is 0 Å². The first kappa shape index (κ1) is 15.4. The topological polar surface area (TPSA) is 46.6 Å². The van der Waals surface area contributed by atoms with Crippen LogP contribution in [0.1, 0.15) is 25.8 Å². The quantitative estimate of drug-likeness (QED) is 0.858. The van der Waals surface area contributed by atoms with Crippen LogP contribution >= 0.6 is 0 Å². The van der Waals surface area contributed by atoms with Crippen molar-refractivity contribution in [1.29, 1.82) is 0 Å². The summed E-state index contributed by atoms with van der Waals surface area (Å²) in [7, 11) is 0. The van der Waals surface area contributed by atoms with Gasteiger partial charge < -0.3 is 4.74 Å². The summed E-state index contributed by atoms with van der Waals surface area (Å²) < 4.78 is 31.0. The summed E-state index contributed by atoms with van der Waals surface area (Å²) >= 11 is 0. The van der Waals surface area contributed by atoms with Crippen molar-refractivity contribution in [2.24, 2.45) is 5.92 Å². The number of halogens is 2. The summed E-state index contributed by atoms with van der Waals surface area (Å²) in [6.45, 7) is 3.99. The molecule has 0 aliphatic carbocycles. The van der Waals surface area contributed by atoms with E-state index in [4.69, 9.17) is 4.74 Å². The predicted octanol–water partition coefficient (Wildman–Crippen LogP) is 2.90. The van der Waals surface area contributed by atoms with E-state index in [0.29, 0.717) is 5.56 Å². The van der Waals surface area contributed by atoms with Gasteiger partial charge in [-0.05, 0) is 30.0 Å². The first-order valence-corrected chi connectivity index (χ1v) is 6.82. The number of hydrogen-bond donors (Lipinski definition) is 0. The lowest BCUT2D eigenvalue weighted by Gasteiger charge is -2.22. The highest BCUT2D eigenvalue weighted by atomic mass is 19.1. The van der Waals surface area contributed by atoms with Crippen molar-refractivity contribution in [2.75, 3.05) is 6.61 Å². The lowest BCUT2D eigenvalue weighted by molar-refractivity contribution is -0.129. The molecule has 4 nitrogen and oxygen atoms in total. The zero-order valence-electron chi connectivity index (χ0n) is 11.9. The lowest BCUT2D eigenvalue weighted by Crippen LogP contribution is -2.41. The molecule has 1 aromatic rings. The first-order valence-electron chi connectivity index (χ1n) is 6.82. The van der Waals surface area contributed by atoms with Gasteiger partial charge in [0.15, 0.2) is 0 Å². The molecule has 2 rings (SSSR count). The average Bonchev–Trinajstić information content (AvgIpc) is 2.77. The lowest BCUT2D eigenvalue weighted by atomic mass is 10.0. The van der Waals surface area contributed by atoms with Gasteiger partial charge >= 0.3 is 6.09 Å². The maximum Gasteiger partial charge on any atom is 0.416 e. The third kappa shape index (κ3) is 3.56. The van der Waals surface area contributed by atoms with Gasteiger partial charge in [0.25, 0.3) is 0 Å². The zero-order valence-corrected chi connectivity index (χ0v) is 11.9. The first-order chi connectivity index (χ1) is 9.88. The smallest absolute Gasteiger partial charge is 0.416 e. The van der Waals surface area contributed by atoms with Crippen LogP contribution in [0.2, 0.25) is 0 Å². The molecule has 0 aromatic heterocycles. The number of amides is 2. The van der Waals surface area contributed by atoms with Crippen LogP contribution in [-0.2, 0) is 16.0 Å². The van der Waals surface area contributed by atoms with Crippen LogP contribution in [0.3, 0.4) is 0 Å². The van der Waals surface area contributed by atoms with Crippen LogP contribution in [-0.4, -0.2) is 29.5 Å². The Labute approximate surface area is 121 Å². The van der Waals surface area contributed by atoms with Crippen molar-refractivity contribution in [1.82, 2.24) is 4.90 Å². The summed E-state index contributed by atoms with van der Waals surface area (Å²) in [4.78, 5) is 24.9. The van der Waals surface area contributed by atoms with Gasteiger partial charge in [-0.1, -0.05) is 13.8 Å². The summed E-state index contributed by atoms with van der Waals surface area (Å²) in [5.41, 5.74) is 0.384. The Morgan fingerprint density at radius 1 is 1.33 bits per heavy atom. The number of hydrogen-bond acceptors (Lipinski definition) is 3. The molecule has 0 bridgehead atoms. The van der Waals surface area contributed by atoms with E-state index in [9.17, 15) is 18.4 Å². The molecular formula is C15H17F2NO3. The van der Waals surface area contributed by atoms with Gasteiger partial charge in [-0.3, -0.25) is 4.79 Å². The van der Waals surface area contributed by atoms with Crippen LogP contribution in [0.25, 0.3) is 0 Å². The minimum absolute atomic E-state index is 0.00120. The molecular weight excluding hydrogens is 280 g/mol. The van der Waals surface area contributed by atoms with E-state index in [1.165, 1.54) is 12.1 Å². The summed E-state index contributed by atoms with van der Waals surface area (Å²) in [6.07, 6.45) is -0.479. The van der Waals surface area contributed by atoms with E-state index < -0.39 is 17.7 Å². The van der Waals surface area contributed by atoms with E-state index in [1.54, 1.807) is 0 Å². The number of nitrogens with zero attached hydrogens (tertiary/aromatic N) is 1. The van der Waals surface area contributed by atoms with Gasteiger partial charge in [0, 0.05) is 12.5 Å². The van der Waals surface area contributed by atoms with Gasteiger partial charge in [0.1, 0.15) is 18.2 Å². The van der Waals surface area contributed by atoms with Crippen LogP contribution in [0.15, 0.2) is 18.2 Å². The molecule has 0 spiro atoms. The molecule has 0 N–H and O–H groups in total. The standard InChI is InChI=1S/C15H17F2NO3/c1-9(2)13-8-21-15(20)18(13)14(19)4-3-10-5-11(16)7-12(17)6-10/h5-7,9,13H,3-4,8H2,1-2H3/t13-/m1/s1. The van der Waals surface area contributed by atoms with Crippen LogP contribution in [0.4, 0.5) is 13.6 Å². The van der Waals surface area contributed by atoms with E-state index in [1.807, 2.05) is 13.8 Å². The Morgan fingerprint density at radius 3 is 2.52 bits per heavy atom. The van der Waals surface area contributed by atoms with Crippen LogP contribution in [0.5, 0.6) is 0 Å². The van der Waals surface area contributed by atoms with E-state index >= 15 is 0 Å². The summed E-state index contributed by atoms with van der Waals surface area (Å²) in [5.74, 6) is -1.66. The van der Waals surface area contributed by atoms with Gasteiger partial charge in [-0.15, -0.1) is 0 Å². The van der Waals surface area contributed by atoms with Crippen molar-refractivity contribution in [3.63, 3.8) is 0 Å². The Morgan fingerprint density at radius 2 is 1.95 bits per heavy atom. The number of imide groups is 1. The maximum atomic E-state index is 13.1. The largest absolute Gasteiger partial charge is 0.447 e. The minimum Gasteiger partial charge on any atom is -0.447 e. The fraction of sp³-hybridized carbons (Fsp3) is 0.467. The van der Waals surface area contributed by atoms with Crippen LogP contribution < -0.4 is 0 Å². The summed E-state index contributed by atoms with van der Waals surface area (Å²) in [6, 6.07) is 2.85. The second-order valence-corrected chi connectivity index (χ2v) is 5.43. The fourth-order valence-corrected chi connectivity index (χ4v) is 2.34. The molecule has 1 aliphatic heterocycles. The molecule has 1 aliphatic rings. The normalized spacial score (nSPS) is 18.2. The zero-order chi connectivity index (χ0) is 15.6. The van der Waals surface area contributed by atoms with Gasteiger partial charge in [0.05, 0.1) is 6.04 Å². The molecule has 1 heterocycles. The van der Waals surface area contributed by atoms with Gasteiger partial charge in [0.2, 0.25) is 5.91 Å². The molecule has 1 aromatic carbocycles. The Bertz CT molecular complexity index is 540. The van der Waals surface area contributed by atoms with Gasteiger partial charge in [-0.2, -0.15) is 0 Å². The van der Waals surface area contributed by atoms with Crippen molar-refractivity contribution < 1.29 is 23.1 Å². The second-order valence-electron chi connectivity index (χ2n) is 5.43. The third-order valence-electron chi connectivity index (χ3n) is 3.49. The molecule has 1 saturated heterocycles. The maximum absolute atomic E-state index is 13.1.